The average molecular weight is 312 g/mol. The number of benzene rings is 2. The number of rotatable bonds is 7. The molecule has 2 nitrogen and oxygen atoms in total. The lowest BCUT2D eigenvalue weighted by Gasteiger charge is -2.25. The molecule has 0 fully saturated rings. The number of nitrogens with one attached hydrogen (secondary N) is 1. The summed E-state index contributed by atoms with van der Waals surface area (Å²) in [7, 11) is 0. The van der Waals surface area contributed by atoms with Crippen molar-refractivity contribution in [3.8, 4) is 0 Å². The first kappa shape index (κ1) is 16.5. The van der Waals surface area contributed by atoms with Gasteiger partial charge >= 0.3 is 0 Å². The van der Waals surface area contributed by atoms with Crippen LogP contribution in [0, 0.1) is 0 Å². The zero-order valence-corrected chi connectivity index (χ0v) is 14.0. The molecule has 0 spiro atoms. The summed E-state index contributed by atoms with van der Waals surface area (Å²) in [6, 6.07) is 21.2. The number of nitrogens with zero attached hydrogens (tertiary/aromatic N) is 1. The predicted octanol–water partition coefficient (Wildman–Crippen LogP) is 3.67. The Morgan fingerprint density at radius 2 is 1.32 bits per heavy atom. The molecule has 116 valence electrons. The molecule has 0 heterocycles. The van der Waals surface area contributed by atoms with Gasteiger partial charge in [0.05, 0.1) is 0 Å². The predicted molar refractivity (Wildman–Crippen MR) is 98.1 cm³/mol. The summed E-state index contributed by atoms with van der Waals surface area (Å²) in [6.45, 7) is 4.84. The van der Waals surface area contributed by atoms with E-state index in [0.29, 0.717) is 0 Å². The van der Waals surface area contributed by atoms with Crippen LogP contribution in [0.15, 0.2) is 60.7 Å². The van der Waals surface area contributed by atoms with Gasteiger partial charge in [0.1, 0.15) is 0 Å². The van der Waals surface area contributed by atoms with Gasteiger partial charge in [0, 0.05) is 19.6 Å². The van der Waals surface area contributed by atoms with Gasteiger partial charge in [-0.2, -0.15) is 0 Å². The molecular formula is C19H24N2S. The van der Waals surface area contributed by atoms with Gasteiger partial charge in [-0.05, 0) is 43.1 Å². The molecule has 0 atom stereocenters. The number of hydrogen-bond acceptors (Lipinski definition) is 1. The van der Waals surface area contributed by atoms with E-state index in [0.717, 1.165) is 37.6 Å². The van der Waals surface area contributed by atoms with Gasteiger partial charge in [-0.15, -0.1) is 0 Å². The smallest absolute Gasteiger partial charge is 0.168 e. The minimum absolute atomic E-state index is 0.856. The Bertz CT molecular complexity index is 511. The van der Waals surface area contributed by atoms with Crippen LogP contribution in [0.25, 0.3) is 0 Å². The van der Waals surface area contributed by atoms with Gasteiger partial charge in [0.2, 0.25) is 0 Å². The maximum atomic E-state index is 5.52. The van der Waals surface area contributed by atoms with Crippen LogP contribution in [0.2, 0.25) is 0 Å². The Kier molecular flexibility index (Phi) is 6.91. The van der Waals surface area contributed by atoms with Crippen LogP contribution in [-0.2, 0) is 12.8 Å². The van der Waals surface area contributed by atoms with Gasteiger partial charge in [0.25, 0.3) is 0 Å². The molecule has 1 N–H and O–H groups in total. The molecule has 0 saturated carbocycles. The normalized spacial score (nSPS) is 10.2. The van der Waals surface area contributed by atoms with E-state index in [2.05, 4.69) is 77.8 Å². The van der Waals surface area contributed by atoms with Crippen molar-refractivity contribution in [1.29, 1.82) is 0 Å². The third kappa shape index (κ3) is 5.49. The first-order valence-corrected chi connectivity index (χ1v) is 8.31. The highest BCUT2D eigenvalue weighted by Crippen LogP contribution is 2.05. The van der Waals surface area contributed by atoms with Gasteiger partial charge < -0.3 is 10.2 Å². The lowest BCUT2D eigenvalue weighted by Crippen LogP contribution is -2.41. The topological polar surface area (TPSA) is 15.3 Å². The largest absolute Gasteiger partial charge is 0.363 e. The van der Waals surface area contributed by atoms with Crippen molar-refractivity contribution in [2.75, 3.05) is 19.6 Å². The zero-order valence-electron chi connectivity index (χ0n) is 13.2. The summed E-state index contributed by atoms with van der Waals surface area (Å²) in [6.07, 6.45) is 2.03. The van der Waals surface area contributed by atoms with Crippen molar-refractivity contribution < 1.29 is 0 Å². The van der Waals surface area contributed by atoms with E-state index in [4.69, 9.17) is 12.2 Å². The highest BCUT2D eigenvalue weighted by molar-refractivity contribution is 7.80. The fraction of sp³-hybridized carbons (Fsp3) is 0.316. The molecule has 0 unspecified atom stereocenters. The summed E-state index contributed by atoms with van der Waals surface area (Å²) < 4.78 is 0. The zero-order chi connectivity index (χ0) is 15.6. The van der Waals surface area contributed by atoms with E-state index >= 15 is 0 Å². The number of hydrogen-bond donors (Lipinski definition) is 1. The van der Waals surface area contributed by atoms with Crippen LogP contribution in [0.5, 0.6) is 0 Å². The van der Waals surface area contributed by atoms with Crippen LogP contribution < -0.4 is 5.32 Å². The monoisotopic (exact) mass is 312 g/mol. The fourth-order valence-corrected chi connectivity index (χ4v) is 2.72. The minimum Gasteiger partial charge on any atom is -0.363 e. The lowest BCUT2D eigenvalue weighted by atomic mass is 10.1. The second-order valence-corrected chi connectivity index (χ2v) is 5.68. The second kappa shape index (κ2) is 9.21. The maximum Gasteiger partial charge on any atom is 0.168 e. The number of thiocarbonyl (C=S) groups is 1. The van der Waals surface area contributed by atoms with E-state index in [1.807, 2.05) is 0 Å². The SMILES string of the molecule is CCNC(=S)N(CCc1ccccc1)CCc1ccccc1. The van der Waals surface area contributed by atoms with Crippen LogP contribution in [0.3, 0.4) is 0 Å². The van der Waals surface area contributed by atoms with E-state index < -0.39 is 0 Å². The molecule has 0 aliphatic rings. The standard InChI is InChI=1S/C19H24N2S/c1-2-20-19(22)21(15-13-17-9-5-3-6-10-17)16-14-18-11-7-4-8-12-18/h3-12H,2,13-16H2,1H3,(H,20,22). The quantitative estimate of drug-likeness (QED) is 0.785. The molecule has 0 bridgehead atoms. The average Bonchev–Trinajstić information content (AvgIpc) is 2.57. The molecule has 3 heteroatoms. The highest BCUT2D eigenvalue weighted by atomic mass is 32.1. The molecule has 22 heavy (non-hydrogen) atoms. The summed E-state index contributed by atoms with van der Waals surface area (Å²) in [4.78, 5) is 2.28. The van der Waals surface area contributed by atoms with Gasteiger partial charge in [-0.3, -0.25) is 0 Å². The molecule has 0 aliphatic heterocycles. The first-order valence-electron chi connectivity index (χ1n) is 7.90. The van der Waals surface area contributed by atoms with Crippen LogP contribution in [-0.4, -0.2) is 29.6 Å². The van der Waals surface area contributed by atoms with Crippen molar-refractivity contribution in [2.24, 2.45) is 0 Å². The lowest BCUT2D eigenvalue weighted by molar-refractivity contribution is 0.420. The molecule has 0 aromatic heterocycles. The molecule has 0 aliphatic carbocycles. The van der Waals surface area contributed by atoms with Crippen molar-refractivity contribution >= 4 is 17.3 Å². The van der Waals surface area contributed by atoms with E-state index in [1.54, 1.807) is 0 Å². The molecule has 2 aromatic carbocycles. The van der Waals surface area contributed by atoms with Crippen molar-refractivity contribution in [3.05, 3.63) is 71.8 Å². The van der Waals surface area contributed by atoms with Gasteiger partial charge in [0.15, 0.2) is 5.11 Å². The van der Waals surface area contributed by atoms with Crippen LogP contribution in [0.1, 0.15) is 18.1 Å². The summed E-state index contributed by atoms with van der Waals surface area (Å²) in [5.41, 5.74) is 2.71. The molecule has 0 radical (unpaired) electrons. The third-order valence-electron chi connectivity index (χ3n) is 3.64. The second-order valence-electron chi connectivity index (χ2n) is 5.29. The summed E-state index contributed by atoms with van der Waals surface area (Å²) >= 11 is 5.52. The highest BCUT2D eigenvalue weighted by Gasteiger charge is 2.09. The van der Waals surface area contributed by atoms with Crippen molar-refractivity contribution in [1.82, 2.24) is 10.2 Å². The molecular weight excluding hydrogens is 288 g/mol. The molecule has 0 amide bonds. The minimum atomic E-state index is 0.856. The third-order valence-corrected chi connectivity index (χ3v) is 4.04. The van der Waals surface area contributed by atoms with Gasteiger partial charge in [-0.25, -0.2) is 0 Å². The van der Waals surface area contributed by atoms with Crippen molar-refractivity contribution in [3.63, 3.8) is 0 Å². The Morgan fingerprint density at radius 3 is 1.73 bits per heavy atom. The summed E-state index contributed by atoms with van der Waals surface area (Å²) in [5.74, 6) is 0. The van der Waals surface area contributed by atoms with Crippen LogP contribution >= 0.6 is 12.2 Å². The molecule has 2 rings (SSSR count). The van der Waals surface area contributed by atoms with E-state index in [9.17, 15) is 0 Å². The molecule has 0 saturated heterocycles. The first-order chi connectivity index (χ1) is 10.8. The molecule has 2 aromatic rings. The Morgan fingerprint density at radius 1 is 0.864 bits per heavy atom. The van der Waals surface area contributed by atoms with E-state index in [-0.39, 0.29) is 0 Å². The van der Waals surface area contributed by atoms with Crippen molar-refractivity contribution in [2.45, 2.75) is 19.8 Å². The fourth-order valence-electron chi connectivity index (χ4n) is 2.40. The van der Waals surface area contributed by atoms with Crippen LogP contribution in [0.4, 0.5) is 0 Å². The van der Waals surface area contributed by atoms with Gasteiger partial charge in [-0.1, -0.05) is 60.7 Å². The Labute approximate surface area is 139 Å². The summed E-state index contributed by atoms with van der Waals surface area (Å²) in [5, 5.41) is 4.13. The Hall–Kier alpha value is -1.87. The maximum absolute atomic E-state index is 5.52. The van der Waals surface area contributed by atoms with E-state index in [1.165, 1.54) is 11.1 Å². The Balaban J connectivity index is 1.92.